The van der Waals surface area contributed by atoms with Gasteiger partial charge in [-0.05, 0) is 24.3 Å². The smallest absolute Gasteiger partial charge is 0.270 e. The van der Waals surface area contributed by atoms with Gasteiger partial charge in [-0.2, -0.15) is 11.8 Å². The van der Waals surface area contributed by atoms with E-state index in [1.807, 2.05) is 0 Å². The largest absolute Gasteiger partial charge is 0.496 e. The van der Waals surface area contributed by atoms with Gasteiger partial charge >= 0.3 is 0 Å². The molecular weight excluding hydrogens is 252 g/mol. The van der Waals surface area contributed by atoms with Crippen LogP contribution >= 0.6 is 11.8 Å². The van der Waals surface area contributed by atoms with Crippen molar-refractivity contribution in [3.63, 3.8) is 0 Å². The van der Waals surface area contributed by atoms with E-state index in [2.05, 4.69) is 6.92 Å². The summed E-state index contributed by atoms with van der Waals surface area (Å²) in [6, 6.07) is 4.66. The van der Waals surface area contributed by atoms with Crippen LogP contribution in [0.3, 0.4) is 0 Å². The molecule has 0 saturated heterocycles. The number of non-ortho nitro benzene ring substituents is 1. The normalized spacial score (nSPS) is 12.2. The molecule has 0 aliphatic rings. The summed E-state index contributed by atoms with van der Waals surface area (Å²) < 4.78 is 5.20. The van der Waals surface area contributed by atoms with Crippen LogP contribution in [0.5, 0.6) is 5.75 Å². The molecule has 0 fully saturated rings. The Bertz CT molecular complexity index is 412. The number of rotatable bonds is 7. The molecule has 0 heterocycles. The second-order valence-electron chi connectivity index (χ2n) is 4.11. The number of nitrogens with zero attached hydrogens (tertiary/aromatic N) is 1. The number of benzene rings is 1. The average Bonchev–Trinajstić information content (AvgIpc) is 2.38. The molecule has 6 heteroatoms. The molecule has 0 radical (unpaired) electrons. The fourth-order valence-corrected chi connectivity index (χ4v) is 2.53. The highest BCUT2D eigenvalue weighted by atomic mass is 32.2. The van der Waals surface area contributed by atoms with E-state index >= 15 is 0 Å². The predicted octanol–water partition coefficient (Wildman–Crippen LogP) is 2.43. The molecule has 1 aromatic rings. The second kappa shape index (κ2) is 7.23. The first-order valence-corrected chi connectivity index (χ1v) is 6.83. The molecule has 2 N–H and O–H groups in total. The summed E-state index contributed by atoms with van der Waals surface area (Å²) in [7, 11) is 1.57. The third kappa shape index (κ3) is 4.19. The van der Waals surface area contributed by atoms with Crippen LogP contribution in [0.1, 0.15) is 12.5 Å². The topological polar surface area (TPSA) is 78.4 Å². The van der Waals surface area contributed by atoms with Crippen molar-refractivity contribution in [1.82, 2.24) is 0 Å². The minimum atomic E-state index is -0.393. The lowest BCUT2D eigenvalue weighted by Gasteiger charge is -2.10. The number of ether oxygens (including phenoxy) is 1. The Morgan fingerprint density at radius 2 is 2.28 bits per heavy atom. The highest BCUT2D eigenvalue weighted by molar-refractivity contribution is 7.98. The summed E-state index contributed by atoms with van der Waals surface area (Å²) >= 11 is 1.71. The molecule has 0 bridgehead atoms. The second-order valence-corrected chi connectivity index (χ2v) is 5.14. The molecule has 100 valence electrons. The van der Waals surface area contributed by atoms with Crippen LogP contribution < -0.4 is 10.5 Å². The SMILES string of the molecule is COc1ccc([N+](=O)[O-])cc1CSCC(C)CN. The first-order valence-electron chi connectivity index (χ1n) is 5.67. The van der Waals surface area contributed by atoms with E-state index in [9.17, 15) is 10.1 Å². The molecule has 5 nitrogen and oxygen atoms in total. The van der Waals surface area contributed by atoms with Gasteiger partial charge in [-0.3, -0.25) is 10.1 Å². The van der Waals surface area contributed by atoms with Crippen molar-refractivity contribution in [1.29, 1.82) is 0 Å². The van der Waals surface area contributed by atoms with E-state index in [0.717, 1.165) is 11.3 Å². The highest BCUT2D eigenvalue weighted by Crippen LogP contribution is 2.28. The minimum Gasteiger partial charge on any atom is -0.496 e. The Balaban J connectivity index is 2.72. The van der Waals surface area contributed by atoms with Gasteiger partial charge in [0.05, 0.1) is 12.0 Å². The van der Waals surface area contributed by atoms with Gasteiger partial charge in [0.2, 0.25) is 0 Å². The van der Waals surface area contributed by atoms with E-state index < -0.39 is 4.92 Å². The van der Waals surface area contributed by atoms with E-state index in [4.69, 9.17) is 10.5 Å². The third-order valence-electron chi connectivity index (χ3n) is 2.54. The standard InChI is InChI=1S/C12H18N2O3S/c1-9(6-13)7-18-8-10-5-11(14(15)16)3-4-12(10)17-2/h3-5,9H,6-8,13H2,1-2H3. The quantitative estimate of drug-likeness (QED) is 0.608. The molecule has 0 aromatic heterocycles. The molecule has 0 amide bonds. The number of nitro groups is 1. The van der Waals surface area contributed by atoms with Crippen LogP contribution in [0.15, 0.2) is 18.2 Å². The molecule has 0 saturated carbocycles. The molecule has 18 heavy (non-hydrogen) atoms. The van der Waals surface area contributed by atoms with Crippen LogP contribution in [-0.2, 0) is 5.75 Å². The molecule has 0 spiro atoms. The van der Waals surface area contributed by atoms with Crippen LogP contribution in [0.2, 0.25) is 0 Å². The van der Waals surface area contributed by atoms with Gasteiger partial charge in [-0.25, -0.2) is 0 Å². The van der Waals surface area contributed by atoms with Gasteiger partial charge in [0.15, 0.2) is 0 Å². The molecule has 0 aliphatic heterocycles. The predicted molar refractivity (Wildman–Crippen MR) is 74.0 cm³/mol. The summed E-state index contributed by atoms with van der Waals surface area (Å²) in [6.45, 7) is 2.73. The number of thioether (sulfide) groups is 1. The highest BCUT2D eigenvalue weighted by Gasteiger charge is 2.11. The summed E-state index contributed by atoms with van der Waals surface area (Å²) in [5, 5.41) is 10.7. The van der Waals surface area contributed by atoms with Crippen molar-refractivity contribution < 1.29 is 9.66 Å². The van der Waals surface area contributed by atoms with E-state index in [-0.39, 0.29) is 5.69 Å². The van der Waals surface area contributed by atoms with Crippen molar-refractivity contribution in [3.8, 4) is 5.75 Å². The fourth-order valence-electron chi connectivity index (χ4n) is 1.43. The summed E-state index contributed by atoms with van der Waals surface area (Å²) in [5.41, 5.74) is 6.49. The van der Waals surface area contributed by atoms with Crippen molar-refractivity contribution in [2.75, 3.05) is 19.4 Å². The molecule has 1 unspecified atom stereocenters. The van der Waals surface area contributed by atoms with Gasteiger partial charge in [-0.1, -0.05) is 6.92 Å². The number of hydrogen-bond acceptors (Lipinski definition) is 5. The lowest BCUT2D eigenvalue weighted by atomic mass is 10.2. The van der Waals surface area contributed by atoms with Crippen LogP contribution in [0, 0.1) is 16.0 Å². The van der Waals surface area contributed by atoms with Gasteiger partial charge in [0.1, 0.15) is 5.75 Å². The summed E-state index contributed by atoms with van der Waals surface area (Å²) in [6.07, 6.45) is 0. The van der Waals surface area contributed by atoms with E-state index in [0.29, 0.717) is 24.0 Å². The molecule has 1 rings (SSSR count). The molecule has 0 aliphatic carbocycles. The lowest BCUT2D eigenvalue weighted by molar-refractivity contribution is -0.384. The maximum Gasteiger partial charge on any atom is 0.270 e. The monoisotopic (exact) mass is 270 g/mol. The minimum absolute atomic E-state index is 0.0956. The summed E-state index contributed by atoms with van der Waals surface area (Å²) in [5.74, 6) is 2.76. The Labute approximate surface area is 111 Å². The van der Waals surface area contributed by atoms with Crippen LogP contribution in [-0.4, -0.2) is 24.3 Å². The Hall–Kier alpha value is -1.27. The number of nitro benzene ring substituents is 1. The van der Waals surface area contributed by atoms with E-state index in [1.165, 1.54) is 6.07 Å². The Kier molecular flexibility index (Phi) is 5.94. The van der Waals surface area contributed by atoms with Gasteiger partial charge in [0, 0.05) is 23.4 Å². The lowest BCUT2D eigenvalue weighted by Crippen LogP contribution is -2.12. The zero-order valence-electron chi connectivity index (χ0n) is 10.6. The fraction of sp³-hybridized carbons (Fsp3) is 0.500. The molecular formula is C12H18N2O3S. The van der Waals surface area contributed by atoms with Crippen molar-refractivity contribution in [2.24, 2.45) is 11.7 Å². The van der Waals surface area contributed by atoms with Crippen molar-refractivity contribution in [2.45, 2.75) is 12.7 Å². The average molecular weight is 270 g/mol. The number of hydrogen-bond donors (Lipinski definition) is 1. The van der Waals surface area contributed by atoms with Crippen molar-refractivity contribution >= 4 is 17.4 Å². The maximum atomic E-state index is 10.7. The van der Waals surface area contributed by atoms with Gasteiger partial charge in [-0.15, -0.1) is 0 Å². The first-order chi connectivity index (χ1) is 8.58. The Morgan fingerprint density at radius 1 is 1.56 bits per heavy atom. The van der Waals surface area contributed by atoms with Crippen LogP contribution in [0.4, 0.5) is 5.69 Å². The third-order valence-corrected chi connectivity index (χ3v) is 3.86. The number of nitrogens with two attached hydrogens (primary N) is 1. The molecule has 1 aromatic carbocycles. The zero-order chi connectivity index (χ0) is 13.5. The number of methoxy groups -OCH3 is 1. The van der Waals surface area contributed by atoms with Crippen molar-refractivity contribution in [3.05, 3.63) is 33.9 Å². The van der Waals surface area contributed by atoms with Gasteiger partial charge < -0.3 is 10.5 Å². The van der Waals surface area contributed by atoms with E-state index in [1.54, 1.807) is 31.0 Å². The summed E-state index contributed by atoms with van der Waals surface area (Å²) in [4.78, 5) is 10.3. The van der Waals surface area contributed by atoms with Crippen LogP contribution in [0.25, 0.3) is 0 Å². The first kappa shape index (κ1) is 14.8. The zero-order valence-corrected chi connectivity index (χ0v) is 11.4. The maximum absolute atomic E-state index is 10.7. The Morgan fingerprint density at radius 3 is 2.83 bits per heavy atom. The molecule has 1 atom stereocenters. The van der Waals surface area contributed by atoms with Gasteiger partial charge in [0.25, 0.3) is 5.69 Å².